The molecule has 20 heteroatoms. The zero-order valence-corrected chi connectivity index (χ0v) is 21.4. The third-order valence-electron chi connectivity index (χ3n) is 4.53. The van der Waals surface area contributed by atoms with E-state index in [1.54, 1.807) is 0 Å². The van der Waals surface area contributed by atoms with Gasteiger partial charge in [0, 0.05) is 12.5 Å². The Morgan fingerprint density at radius 3 is 2.34 bits per heavy atom. The van der Waals surface area contributed by atoms with Crippen LogP contribution in [-0.2, 0) is 25.0 Å². The van der Waals surface area contributed by atoms with Crippen LogP contribution in [0.4, 0.5) is 5.82 Å². The Morgan fingerprint density at radius 2 is 1.80 bits per heavy atom. The minimum Gasteiger partial charge on any atom is -0.822 e. The first kappa shape index (κ1) is 37.1. The van der Waals surface area contributed by atoms with E-state index in [1.165, 1.54) is 17.2 Å². The van der Waals surface area contributed by atoms with Crippen molar-refractivity contribution >= 4 is 41.7 Å². The number of ether oxygens (including phenoxy) is 1. The molecule has 3 heterocycles. The second-order valence-electron chi connectivity index (χ2n) is 6.94. The molecule has 0 spiro atoms. The number of carbonyl (C=O) groups is 1. The second kappa shape index (κ2) is 16.0. The summed E-state index contributed by atoms with van der Waals surface area (Å²) in [6.45, 7) is 0. The minimum atomic E-state index is -5.39. The van der Waals surface area contributed by atoms with Crippen molar-refractivity contribution in [1.29, 1.82) is 0 Å². The number of fused-ring (bicyclic) bond motifs is 1. The third-order valence-corrected chi connectivity index (χ3v) is 6.36. The van der Waals surface area contributed by atoms with Crippen molar-refractivity contribution in [3.63, 3.8) is 0 Å². The van der Waals surface area contributed by atoms with Gasteiger partial charge in [0.2, 0.25) is 0 Å². The molecule has 0 aliphatic carbocycles. The topological polar surface area (TPSA) is 272 Å². The fraction of sp³-hybridized carbons (Fsp3) is 0.600. The Balaban J connectivity index is 0. The molecule has 1 aliphatic heterocycles. The zero-order chi connectivity index (χ0) is 24.2. The van der Waals surface area contributed by atoms with Gasteiger partial charge in [-0.1, -0.05) is 0 Å². The third kappa shape index (κ3) is 11.0. The number of hydrogen-bond donors (Lipinski definition) is 4. The maximum atomic E-state index is 10.7. The van der Waals surface area contributed by atoms with Crippen LogP contribution in [0.5, 0.6) is 0 Å². The normalized spacial score (nSPS) is 23.1. The molecule has 1 unspecified atom stereocenters. The summed E-state index contributed by atoms with van der Waals surface area (Å²) in [4.78, 5) is 48.5. The Hall–Kier alpha value is -0.0878. The number of phosphoric acid groups is 1. The molecule has 0 radical (unpaired) electrons. The number of aliphatic carboxylic acids is 1. The molecule has 15 nitrogen and oxygen atoms in total. The standard InChI is InChI=1S/C15H22N6O5S.3Li.H3O4P/c1-27(3-2-7(16)15(24)25)4-8-10(22)11(23)14(26-8)21-6-20-9-12(17)18-5-19-13(9)21;;;;1-5(2,3)4/h5-8,10-11,14,22-23H,2-4,16H2,1H3,(H2-,17,18,19,24,25);;;;(H3,1,2,3,4)/q;3*+1;/p-3/t7-,8+,10+,11+,14+,27?;;;;/m0..../s1. The van der Waals surface area contributed by atoms with Gasteiger partial charge >= 0.3 is 56.6 Å². The number of aromatic nitrogens is 4. The van der Waals surface area contributed by atoms with Crippen molar-refractivity contribution in [2.24, 2.45) is 5.73 Å². The van der Waals surface area contributed by atoms with Gasteiger partial charge in [0.25, 0.3) is 0 Å². The van der Waals surface area contributed by atoms with Crippen LogP contribution < -0.4 is 87.8 Å². The van der Waals surface area contributed by atoms with Gasteiger partial charge in [0.05, 0.1) is 18.6 Å². The number of hydrogen-bond acceptors (Lipinski definition) is 14. The Labute approximate surface area is 239 Å². The molecule has 1 fully saturated rings. The molecule has 35 heavy (non-hydrogen) atoms. The van der Waals surface area contributed by atoms with E-state index in [4.69, 9.17) is 35.4 Å². The number of carbonyl (C=O) groups excluding carboxylic acids is 1. The van der Waals surface area contributed by atoms with Crippen LogP contribution in [0, 0.1) is 0 Å². The molecule has 6 atom stereocenters. The van der Waals surface area contributed by atoms with Crippen LogP contribution in [0.15, 0.2) is 12.7 Å². The van der Waals surface area contributed by atoms with Crippen molar-refractivity contribution in [2.45, 2.75) is 37.0 Å². The molecule has 0 aromatic carbocycles. The van der Waals surface area contributed by atoms with Gasteiger partial charge in [-0.3, -0.25) is 4.57 Å². The largest absolute Gasteiger partial charge is 1.00 e. The Morgan fingerprint density at radius 1 is 1.23 bits per heavy atom. The van der Waals surface area contributed by atoms with E-state index in [9.17, 15) is 20.1 Å². The van der Waals surface area contributed by atoms with Crippen LogP contribution in [0.2, 0.25) is 0 Å². The number of aliphatic hydroxyl groups is 2. The van der Waals surface area contributed by atoms with Gasteiger partial charge in [-0.05, 0) is 10.9 Å². The molecule has 180 valence electrons. The van der Waals surface area contributed by atoms with Crippen molar-refractivity contribution in [3.05, 3.63) is 12.7 Å². The summed E-state index contributed by atoms with van der Waals surface area (Å²) < 4.78 is 15.9. The number of carboxylic acids is 1. The maximum absolute atomic E-state index is 10.7. The number of aliphatic hydroxyl groups excluding tert-OH is 2. The van der Waals surface area contributed by atoms with Crippen molar-refractivity contribution in [1.82, 2.24) is 19.5 Å². The van der Waals surface area contributed by atoms with Gasteiger partial charge < -0.3 is 55.6 Å². The summed E-state index contributed by atoms with van der Waals surface area (Å²) in [5.41, 5.74) is 12.0. The fourth-order valence-electron chi connectivity index (χ4n) is 2.96. The number of nitrogens with two attached hydrogens (primary N) is 2. The van der Waals surface area contributed by atoms with Gasteiger partial charge in [-0.25, -0.2) is 15.0 Å². The van der Waals surface area contributed by atoms with E-state index in [1.807, 2.05) is 6.26 Å². The van der Waals surface area contributed by atoms with E-state index in [2.05, 4.69) is 15.0 Å². The number of nitrogen functional groups attached to an aromatic ring is 1. The van der Waals surface area contributed by atoms with Gasteiger partial charge in [-0.2, -0.15) is 7.82 Å². The van der Waals surface area contributed by atoms with E-state index in [-0.39, 0.29) is 79.7 Å². The monoisotopic (exact) mass is 514 g/mol. The first-order valence-corrected chi connectivity index (χ1v) is 12.5. The molecule has 2 aromatic rings. The summed E-state index contributed by atoms with van der Waals surface area (Å²) in [7, 11) is -5.65. The van der Waals surface area contributed by atoms with E-state index >= 15 is 0 Å². The van der Waals surface area contributed by atoms with E-state index < -0.39 is 44.4 Å². The number of imidazole rings is 1. The second-order valence-corrected chi connectivity index (χ2v) is 10.1. The first-order valence-electron chi connectivity index (χ1n) is 9.02. The number of carboxylic acid groups (broad SMARTS) is 1. The van der Waals surface area contributed by atoms with Crippen LogP contribution in [0.1, 0.15) is 12.6 Å². The first-order chi connectivity index (χ1) is 14.8. The summed E-state index contributed by atoms with van der Waals surface area (Å²) in [6.07, 6.45) is 1.17. The molecule has 3 rings (SSSR count). The molecule has 1 aliphatic rings. The molecule has 0 bridgehead atoms. The van der Waals surface area contributed by atoms with Crippen molar-refractivity contribution < 1.29 is 101 Å². The summed E-state index contributed by atoms with van der Waals surface area (Å²) in [5.74, 6) is -0.0611. The molecular weight excluding hydrogens is 492 g/mol. The number of nitrogens with zero attached hydrogens (tertiary/aromatic N) is 4. The molecule has 1 saturated heterocycles. The maximum Gasteiger partial charge on any atom is 1.00 e. The average Bonchev–Trinajstić information content (AvgIpc) is 3.22. The molecule has 6 N–H and O–H groups in total. The van der Waals surface area contributed by atoms with Gasteiger partial charge in [0.15, 0.2) is 17.7 Å². The van der Waals surface area contributed by atoms with E-state index in [0.717, 1.165) is 0 Å². The van der Waals surface area contributed by atoms with Gasteiger partial charge in [-0.15, -0.1) is 0 Å². The zero-order valence-electron chi connectivity index (χ0n) is 19.7. The summed E-state index contributed by atoms with van der Waals surface area (Å²) in [6, 6.07) is -1.02. The van der Waals surface area contributed by atoms with Crippen LogP contribution in [-0.4, -0.2) is 77.8 Å². The van der Waals surface area contributed by atoms with Crippen LogP contribution in [0.3, 0.4) is 0 Å². The van der Waals surface area contributed by atoms with E-state index in [0.29, 0.717) is 22.7 Å². The van der Waals surface area contributed by atoms with Crippen LogP contribution >= 0.6 is 7.82 Å². The van der Waals surface area contributed by atoms with Crippen LogP contribution in [0.25, 0.3) is 11.2 Å². The SMILES string of the molecule is C[S+](CC[C@H](N)C(=O)[O-])C[C@H]1O[C@@H](n2cnc3c(N)ncnc32)[C@H](O)[C@@H]1O.O=P([O-])([O-])[O-].[Li+].[Li+].[Li+]. The quantitative estimate of drug-likeness (QED) is 0.152. The Bertz CT molecular complexity index is 981. The Kier molecular flexibility index (Phi) is 16.9. The number of rotatable bonds is 7. The summed E-state index contributed by atoms with van der Waals surface area (Å²) in [5, 5.41) is 31.5. The van der Waals surface area contributed by atoms with Crippen molar-refractivity contribution in [2.75, 3.05) is 23.5 Å². The fourth-order valence-corrected chi connectivity index (χ4v) is 4.62. The van der Waals surface area contributed by atoms with Gasteiger partial charge in [0.1, 0.15) is 41.7 Å². The molecule has 0 amide bonds. The van der Waals surface area contributed by atoms with Crippen molar-refractivity contribution in [3.8, 4) is 0 Å². The number of anilines is 1. The predicted octanol–water partition coefficient (Wildman–Crippen LogP) is -15.1. The smallest absolute Gasteiger partial charge is 0.822 e. The predicted molar refractivity (Wildman–Crippen MR) is 104 cm³/mol. The average molecular weight is 514 g/mol. The minimum absolute atomic E-state index is 0. The molecule has 0 saturated carbocycles. The summed E-state index contributed by atoms with van der Waals surface area (Å²) >= 11 is 0. The molecular formula is C15H22Li3N6O9PS. The molecule has 2 aromatic heterocycles.